The molecule has 0 aliphatic carbocycles. The molecule has 2 aromatic rings. The van der Waals surface area contributed by atoms with E-state index in [4.69, 9.17) is 4.74 Å². The molecule has 1 fully saturated rings. The summed E-state index contributed by atoms with van der Waals surface area (Å²) in [5.74, 6) is -1.08. The van der Waals surface area contributed by atoms with E-state index in [2.05, 4.69) is 0 Å². The molecular formula is C22H20N2O4. The number of ether oxygens (including phenoxy) is 1. The number of carbonyl (C=O) groups excluding carboxylic acids is 3. The molecule has 0 radical (unpaired) electrons. The van der Waals surface area contributed by atoms with Crippen LogP contribution in [0.4, 0.5) is 5.69 Å². The standard InChI is InChI=1S/C22H20N2O4/c1-23-20(26)17-11-5-6-12-18(17)24-19(25)13-14-22(23,24)21(27)28-15-7-10-16-8-3-2-4-9-16/h2-12H,13-15H2,1H3/b10-7+/t22-/m1/s1. The normalized spacial score (nSPS) is 21.0. The fourth-order valence-electron chi connectivity index (χ4n) is 3.88. The lowest BCUT2D eigenvalue weighted by Crippen LogP contribution is -2.67. The zero-order valence-electron chi connectivity index (χ0n) is 15.5. The zero-order valence-corrected chi connectivity index (χ0v) is 15.5. The maximum absolute atomic E-state index is 13.1. The highest BCUT2D eigenvalue weighted by Crippen LogP contribution is 2.44. The number of likely N-dealkylation sites (N-methyl/N-ethyl adjacent to an activating group) is 1. The first-order valence-corrected chi connectivity index (χ1v) is 9.15. The second kappa shape index (κ2) is 6.96. The lowest BCUT2D eigenvalue weighted by molar-refractivity contribution is -0.155. The van der Waals surface area contributed by atoms with Crippen LogP contribution in [0.2, 0.25) is 0 Å². The van der Waals surface area contributed by atoms with Crippen molar-refractivity contribution >= 4 is 29.5 Å². The van der Waals surface area contributed by atoms with E-state index in [1.807, 2.05) is 36.4 Å². The number of anilines is 1. The van der Waals surface area contributed by atoms with E-state index >= 15 is 0 Å². The second-order valence-corrected chi connectivity index (χ2v) is 6.84. The Hall–Kier alpha value is -3.41. The molecule has 0 N–H and O–H groups in total. The van der Waals surface area contributed by atoms with Crippen LogP contribution < -0.4 is 4.90 Å². The van der Waals surface area contributed by atoms with Gasteiger partial charge in [0.05, 0.1) is 11.3 Å². The number of amides is 2. The molecule has 2 aromatic carbocycles. The third-order valence-corrected chi connectivity index (χ3v) is 5.29. The van der Waals surface area contributed by atoms with Crippen LogP contribution in [-0.2, 0) is 14.3 Å². The SMILES string of the molecule is CN1C(=O)c2ccccc2N2C(=O)CC[C@@]12C(=O)OC/C=C/c1ccccc1. The summed E-state index contributed by atoms with van der Waals surface area (Å²) in [5, 5.41) is 0. The summed E-state index contributed by atoms with van der Waals surface area (Å²) >= 11 is 0. The van der Waals surface area contributed by atoms with Crippen molar-refractivity contribution in [2.24, 2.45) is 0 Å². The lowest BCUT2D eigenvalue weighted by atomic mass is 9.97. The summed E-state index contributed by atoms with van der Waals surface area (Å²) in [5.41, 5.74) is 0.439. The highest BCUT2D eigenvalue weighted by atomic mass is 16.5. The molecule has 4 rings (SSSR count). The van der Waals surface area contributed by atoms with Crippen LogP contribution in [0, 0.1) is 0 Å². The number of carbonyl (C=O) groups is 3. The van der Waals surface area contributed by atoms with E-state index in [9.17, 15) is 14.4 Å². The molecule has 2 heterocycles. The highest BCUT2D eigenvalue weighted by Gasteiger charge is 2.60. The minimum absolute atomic E-state index is 0.0567. The Morgan fingerprint density at radius 2 is 1.82 bits per heavy atom. The average molecular weight is 376 g/mol. The van der Waals surface area contributed by atoms with Crippen LogP contribution >= 0.6 is 0 Å². The van der Waals surface area contributed by atoms with E-state index in [1.165, 1.54) is 9.80 Å². The summed E-state index contributed by atoms with van der Waals surface area (Å²) in [6.45, 7) is 0.0567. The first kappa shape index (κ1) is 18.0. The van der Waals surface area contributed by atoms with Crippen LogP contribution in [0.1, 0.15) is 28.8 Å². The van der Waals surface area contributed by atoms with Gasteiger partial charge >= 0.3 is 5.97 Å². The number of benzene rings is 2. The van der Waals surface area contributed by atoms with Crippen molar-refractivity contribution in [3.05, 3.63) is 71.8 Å². The number of hydrogen-bond donors (Lipinski definition) is 0. The summed E-state index contributed by atoms with van der Waals surface area (Å²) < 4.78 is 5.48. The second-order valence-electron chi connectivity index (χ2n) is 6.84. The summed E-state index contributed by atoms with van der Waals surface area (Å²) in [4.78, 5) is 41.3. The Labute approximate surface area is 163 Å². The summed E-state index contributed by atoms with van der Waals surface area (Å²) in [6.07, 6.45) is 3.99. The van der Waals surface area contributed by atoms with Crippen molar-refractivity contribution in [1.82, 2.24) is 4.90 Å². The van der Waals surface area contributed by atoms with Crippen LogP contribution in [0.25, 0.3) is 6.08 Å². The Bertz CT molecular complexity index is 970. The molecule has 0 saturated carbocycles. The van der Waals surface area contributed by atoms with Crippen molar-refractivity contribution in [2.75, 3.05) is 18.6 Å². The smallest absolute Gasteiger partial charge is 0.354 e. The fraction of sp³-hybridized carbons (Fsp3) is 0.227. The Morgan fingerprint density at radius 3 is 2.61 bits per heavy atom. The zero-order chi connectivity index (χ0) is 19.7. The third-order valence-electron chi connectivity index (χ3n) is 5.29. The summed E-state index contributed by atoms with van der Waals surface area (Å²) in [7, 11) is 1.55. The van der Waals surface area contributed by atoms with Crippen molar-refractivity contribution in [2.45, 2.75) is 18.5 Å². The van der Waals surface area contributed by atoms with E-state index in [0.717, 1.165) is 5.56 Å². The number of fused-ring (bicyclic) bond motifs is 3. The largest absolute Gasteiger partial charge is 0.458 e. The molecule has 1 saturated heterocycles. The fourth-order valence-corrected chi connectivity index (χ4v) is 3.88. The Kier molecular flexibility index (Phi) is 4.47. The summed E-state index contributed by atoms with van der Waals surface area (Å²) in [6, 6.07) is 16.5. The quantitative estimate of drug-likeness (QED) is 0.770. The molecule has 6 heteroatoms. The maximum atomic E-state index is 13.1. The Balaban J connectivity index is 1.60. The first-order valence-electron chi connectivity index (χ1n) is 9.15. The molecule has 6 nitrogen and oxygen atoms in total. The van der Waals surface area contributed by atoms with Gasteiger partial charge < -0.3 is 9.64 Å². The maximum Gasteiger partial charge on any atom is 0.354 e. The minimum Gasteiger partial charge on any atom is -0.458 e. The van der Waals surface area contributed by atoms with E-state index in [1.54, 1.807) is 37.4 Å². The lowest BCUT2D eigenvalue weighted by Gasteiger charge is -2.46. The molecule has 0 bridgehead atoms. The average Bonchev–Trinajstić information content (AvgIpc) is 3.08. The van der Waals surface area contributed by atoms with Gasteiger partial charge in [-0.15, -0.1) is 0 Å². The van der Waals surface area contributed by atoms with Crippen LogP contribution in [0.15, 0.2) is 60.7 Å². The van der Waals surface area contributed by atoms with E-state index in [-0.39, 0.29) is 31.3 Å². The van der Waals surface area contributed by atoms with Crippen molar-refractivity contribution < 1.29 is 19.1 Å². The number of nitrogens with zero attached hydrogens (tertiary/aromatic N) is 2. The number of esters is 1. The Morgan fingerprint density at radius 1 is 1.11 bits per heavy atom. The van der Waals surface area contributed by atoms with Gasteiger partial charge in [-0.25, -0.2) is 4.79 Å². The van der Waals surface area contributed by atoms with E-state index < -0.39 is 11.6 Å². The molecule has 2 aliphatic rings. The van der Waals surface area contributed by atoms with Crippen molar-refractivity contribution in [3.8, 4) is 0 Å². The molecule has 2 amide bonds. The monoisotopic (exact) mass is 376 g/mol. The van der Waals surface area contributed by atoms with Crippen molar-refractivity contribution in [1.29, 1.82) is 0 Å². The molecule has 1 atom stereocenters. The number of rotatable bonds is 4. The van der Waals surface area contributed by atoms with Gasteiger partial charge in [0.25, 0.3) is 5.91 Å². The predicted molar refractivity (Wildman–Crippen MR) is 104 cm³/mol. The molecule has 0 aromatic heterocycles. The van der Waals surface area contributed by atoms with Gasteiger partial charge in [0, 0.05) is 19.9 Å². The topological polar surface area (TPSA) is 66.9 Å². The van der Waals surface area contributed by atoms with Gasteiger partial charge in [-0.3, -0.25) is 14.5 Å². The molecule has 0 spiro atoms. The first-order chi connectivity index (χ1) is 13.6. The molecular weight excluding hydrogens is 356 g/mol. The molecule has 2 aliphatic heterocycles. The number of hydrogen-bond acceptors (Lipinski definition) is 4. The van der Waals surface area contributed by atoms with Crippen molar-refractivity contribution in [3.63, 3.8) is 0 Å². The highest BCUT2D eigenvalue weighted by molar-refractivity contribution is 6.15. The third kappa shape index (κ3) is 2.69. The number of para-hydroxylation sites is 1. The van der Waals surface area contributed by atoms with Gasteiger partial charge in [0.2, 0.25) is 11.6 Å². The predicted octanol–water partition coefficient (Wildman–Crippen LogP) is 2.85. The molecule has 0 unspecified atom stereocenters. The van der Waals surface area contributed by atoms with Gasteiger partial charge in [0.1, 0.15) is 6.61 Å². The van der Waals surface area contributed by atoms with Gasteiger partial charge in [-0.1, -0.05) is 48.5 Å². The van der Waals surface area contributed by atoms with E-state index in [0.29, 0.717) is 11.3 Å². The van der Waals surface area contributed by atoms with Gasteiger partial charge in [-0.05, 0) is 23.8 Å². The molecule has 142 valence electrons. The van der Waals surface area contributed by atoms with Crippen LogP contribution in [0.3, 0.4) is 0 Å². The molecule has 28 heavy (non-hydrogen) atoms. The van der Waals surface area contributed by atoms with Gasteiger partial charge in [0.15, 0.2) is 0 Å². The van der Waals surface area contributed by atoms with Crippen LogP contribution in [-0.4, -0.2) is 42.0 Å². The minimum atomic E-state index is -1.43. The van der Waals surface area contributed by atoms with Crippen LogP contribution in [0.5, 0.6) is 0 Å². The van der Waals surface area contributed by atoms with Gasteiger partial charge in [-0.2, -0.15) is 0 Å².